The van der Waals surface area contributed by atoms with E-state index in [2.05, 4.69) is 19.2 Å². The molecule has 10 nitrogen and oxygen atoms in total. The zero-order valence-electron chi connectivity index (χ0n) is 30.1. The lowest BCUT2D eigenvalue weighted by Crippen LogP contribution is -2.34. The molecule has 0 radical (unpaired) electrons. The van der Waals surface area contributed by atoms with E-state index in [-0.39, 0.29) is 48.6 Å². The van der Waals surface area contributed by atoms with Gasteiger partial charge in [-0.1, -0.05) is 115 Å². The third-order valence-electron chi connectivity index (χ3n) is 8.89. The van der Waals surface area contributed by atoms with Crippen molar-refractivity contribution in [1.29, 1.82) is 0 Å². The van der Waals surface area contributed by atoms with E-state index in [4.69, 9.17) is 14.2 Å². The summed E-state index contributed by atoms with van der Waals surface area (Å²) in [6.45, 7) is 6.55. The van der Waals surface area contributed by atoms with Crippen molar-refractivity contribution >= 4 is 28.3 Å². The van der Waals surface area contributed by atoms with E-state index in [1.54, 1.807) is 25.1 Å². The van der Waals surface area contributed by atoms with Crippen LogP contribution in [0.5, 0.6) is 17.2 Å². The van der Waals surface area contributed by atoms with Crippen LogP contribution in [0.3, 0.4) is 0 Å². The average molecular weight is 693 g/mol. The Bertz CT molecular complexity index is 1480. The normalized spacial score (nSPS) is 12.3. The topological polar surface area (TPSA) is 137 Å². The number of non-ortho nitro benzene ring substituents is 1. The van der Waals surface area contributed by atoms with Gasteiger partial charge in [0, 0.05) is 22.9 Å². The number of phenolic OH excluding ortho intramolecular Hbond substituents is 1. The summed E-state index contributed by atoms with van der Waals surface area (Å²) in [5, 5.41) is 25.8. The number of rotatable bonds is 25. The third-order valence-corrected chi connectivity index (χ3v) is 8.89. The van der Waals surface area contributed by atoms with Crippen LogP contribution in [0.1, 0.15) is 121 Å². The molecule has 50 heavy (non-hydrogen) atoms. The Morgan fingerprint density at radius 3 is 1.96 bits per heavy atom. The minimum atomic E-state index is -0.544. The number of esters is 1. The fraction of sp³-hybridized carbons (Fsp3) is 0.550. The molecule has 274 valence electrons. The summed E-state index contributed by atoms with van der Waals surface area (Å²) in [6.07, 6.45) is 15.2. The highest BCUT2D eigenvalue weighted by Crippen LogP contribution is 2.36. The number of amides is 1. The second kappa shape index (κ2) is 22.4. The molecule has 2 N–H and O–H groups in total. The van der Waals surface area contributed by atoms with E-state index in [0.717, 1.165) is 38.5 Å². The Kier molecular flexibility index (Phi) is 18.0. The van der Waals surface area contributed by atoms with Crippen molar-refractivity contribution in [1.82, 2.24) is 5.32 Å². The minimum absolute atomic E-state index is 0.0290. The fourth-order valence-electron chi connectivity index (χ4n) is 5.98. The van der Waals surface area contributed by atoms with Gasteiger partial charge in [0.25, 0.3) is 11.6 Å². The fourth-order valence-corrected chi connectivity index (χ4v) is 5.98. The lowest BCUT2D eigenvalue weighted by molar-refractivity contribution is -0.384. The molecule has 0 saturated carbocycles. The summed E-state index contributed by atoms with van der Waals surface area (Å²) < 4.78 is 17.5. The molecule has 0 aliphatic heterocycles. The molecule has 10 heteroatoms. The number of nitro groups is 1. The van der Waals surface area contributed by atoms with Crippen LogP contribution in [-0.4, -0.2) is 47.8 Å². The molecule has 0 bridgehead atoms. The first-order valence-corrected chi connectivity index (χ1v) is 18.5. The summed E-state index contributed by atoms with van der Waals surface area (Å²) in [5.74, 6) is -0.176. The van der Waals surface area contributed by atoms with E-state index in [9.17, 15) is 24.8 Å². The van der Waals surface area contributed by atoms with Gasteiger partial charge in [0.05, 0.1) is 22.9 Å². The number of carbonyl (C=O) groups excluding carboxylic acids is 2. The van der Waals surface area contributed by atoms with E-state index in [1.165, 1.54) is 81.7 Å². The summed E-state index contributed by atoms with van der Waals surface area (Å²) in [5.41, 5.74) is 0.0103. The van der Waals surface area contributed by atoms with Crippen LogP contribution >= 0.6 is 0 Å². The number of fused-ring (bicyclic) bond motifs is 1. The van der Waals surface area contributed by atoms with E-state index in [0.29, 0.717) is 22.3 Å². The number of nitrogens with one attached hydrogen (secondary N) is 1. The molecule has 2 unspecified atom stereocenters. The van der Waals surface area contributed by atoms with Crippen molar-refractivity contribution in [2.75, 3.05) is 19.8 Å². The van der Waals surface area contributed by atoms with Gasteiger partial charge >= 0.3 is 5.97 Å². The van der Waals surface area contributed by atoms with Crippen LogP contribution in [0.15, 0.2) is 54.6 Å². The van der Waals surface area contributed by atoms with E-state index >= 15 is 0 Å². The zero-order valence-corrected chi connectivity index (χ0v) is 30.1. The lowest BCUT2D eigenvalue weighted by Gasteiger charge is -2.20. The Balaban J connectivity index is 1.56. The zero-order chi connectivity index (χ0) is 36.1. The predicted octanol–water partition coefficient (Wildman–Crippen LogP) is 9.69. The molecule has 0 heterocycles. The minimum Gasteiger partial charge on any atom is -0.506 e. The van der Waals surface area contributed by atoms with Gasteiger partial charge in [0.15, 0.2) is 0 Å². The van der Waals surface area contributed by atoms with Crippen LogP contribution in [0.2, 0.25) is 0 Å². The van der Waals surface area contributed by atoms with Crippen LogP contribution in [0, 0.1) is 16.0 Å². The standard InChI is InChI=1S/C40H56N2O8/c1-4-6-8-10-11-13-15-19-31(18-14-12-9-7-5-2)40(45)50-30(3)29-41-39(44)36-28-37(34-20-16-17-21-35(34)38(36)43)49-27-26-48-33-24-22-32(23-25-33)42(46)47/h16-17,20-25,28,30-31,43H,4-15,18-19,26-27,29H2,1-3H3,(H,41,44). The molecule has 3 aromatic carbocycles. The second-order valence-corrected chi connectivity index (χ2v) is 13.0. The summed E-state index contributed by atoms with van der Waals surface area (Å²) >= 11 is 0. The number of nitro benzene ring substituents is 1. The lowest BCUT2D eigenvalue weighted by atomic mass is 9.94. The number of phenols is 1. The quantitative estimate of drug-likeness (QED) is 0.0388. The smallest absolute Gasteiger partial charge is 0.309 e. The van der Waals surface area contributed by atoms with Gasteiger partial charge in [-0.05, 0) is 38.0 Å². The Hall–Kier alpha value is -4.34. The van der Waals surface area contributed by atoms with Gasteiger partial charge in [-0.15, -0.1) is 0 Å². The number of hydrogen-bond acceptors (Lipinski definition) is 8. The van der Waals surface area contributed by atoms with Gasteiger partial charge in [-0.3, -0.25) is 19.7 Å². The molecule has 0 aliphatic carbocycles. The number of aromatic hydroxyl groups is 1. The van der Waals surface area contributed by atoms with Crippen LogP contribution in [0.25, 0.3) is 10.8 Å². The predicted molar refractivity (Wildman–Crippen MR) is 197 cm³/mol. The van der Waals surface area contributed by atoms with Crippen molar-refractivity contribution in [3.05, 3.63) is 70.3 Å². The highest BCUT2D eigenvalue weighted by molar-refractivity contribution is 6.05. The first kappa shape index (κ1) is 40.1. The molecule has 3 rings (SSSR count). The maximum atomic E-state index is 13.3. The number of unbranched alkanes of at least 4 members (excludes halogenated alkanes) is 10. The summed E-state index contributed by atoms with van der Waals surface area (Å²) in [6, 6.07) is 14.3. The average Bonchev–Trinajstić information content (AvgIpc) is 3.12. The van der Waals surface area contributed by atoms with Crippen molar-refractivity contribution < 1.29 is 33.8 Å². The highest BCUT2D eigenvalue weighted by Gasteiger charge is 2.23. The first-order chi connectivity index (χ1) is 24.2. The van der Waals surface area contributed by atoms with E-state index in [1.807, 2.05) is 6.07 Å². The maximum absolute atomic E-state index is 13.3. The Morgan fingerprint density at radius 2 is 1.36 bits per heavy atom. The number of carbonyl (C=O) groups is 2. The van der Waals surface area contributed by atoms with Crippen molar-refractivity contribution in [2.45, 2.75) is 117 Å². The van der Waals surface area contributed by atoms with Gasteiger partial charge in [-0.2, -0.15) is 0 Å². The van der Waals surface area contributed by atoms with Crippen molar-refractivity contribution in [2.24, 2.45) is 5.92 Å². The Labute approximate surface area is 297 Å². The van der Waals surface area contributed by atoms with E-state index < -0.39 is 16.9 Å². The SMILES string of the molecule is CCCCCCCCCC(CCCCCCC)C(=O)OC(C)CNC(=O)c1cc(OCCOc2ccc([N+](=O)[O-])cc2)c2ccccc2c1O. The van der Waals surface area contributed by atoms with Gasteiger partial charge in [-0.25, -0.2) is 0 Å². The highest BCUT2D eigenvalue weighted by atomic mass is 16.6. The first-order valence-electron chi connectivity index (χ1n) is 18.5. The van der Waals surface area contributed by atoms with Crippen LogP contribution in [-0.2, 0) is 9.53 Å². The van der Waals surface area contributed by atoms with Gasteiger partial charge in [0.1, 0.15) is 36.6 Å². The van der Waals surface area contributed by atoms with Gasteiger partial charge in [0.2, 0.25) is 0 Å². The molecule has 2 atom stereocenters. The largest absolute Gasteiger partial charge is 0.506 e. The third kappa shape index (κ3) is 13.5. The summed E-state index contributed by atoms with van der Waals surface area (Å²) in [4.78, 5) is 37.0. The maximum Gasteiger partial charge on any atom is 0.309 e. The molecule has 3 aromatic rings. The molecule has 0 saturated heterocycles. The number of hydrogen-bond donors (Lipinski definition) is 2. The number of nitrogens with zero attached hydrogens (tertiary/aromatic N) is 1. The molecule has 1 amide bonds. The van der Waals surface area contributed by atoms with Crippen LogP contribution < -0.4 is 14.8 Å². The molecule has 0 aliphatic rings. The molecule has 0 fully saturated rings. The molecular formula is C40H56N2O8. The van der Waals surface area contributed by atoms with Gasteiger partial charge < -0.3 is 24.6 Å². The number of benzene rings is 3. The second-order valence-electron chi connectivity index (χ2n) is 13.0. The van der Waals surface area contributed by atoms with Crippen molar-refractivity contribution in [3.8, 4) is 17.2 Å². The number of ether oxygens (including phenoxy) is 3. The van der Waals surface area contributed by atoms with Crippen LogP contribution in [0.4, 0.5) is 5.69 Å². The molecule has 0 aromatic heterocycles. The summed E-state index contributed by atoms with van der Waals surface area (Å²) in [7, 11) is 0. The van der Waals surface area contributed by atoms with Crippen molar-refractivity contribution in [3.63, 3.8) is 0 Å². The Morgan fingerprint density at radius 1 is 0.800 bits per heavy atom. The molecular weight excluding hydrogens is 636 g/mol. The molecule has 0 spiro atoms. The monoisotopic (exact) mass is 692 g/mol.